The topological polar surface area (TPSA) is 84.2 Å². The largest absolute Gasteiger partial charge is 0.355 e. The summed E-state index contributed by atoms with van der Waals surface area (Å²) in [7, 11) is 1.54. The lowest BCUT2D eigenvalue weighted by Crippen LogP contribution is -2.18. The molecule has 19 heavy (non-hydrogen) atoms. The minimum absolute atomic E-state index is 0.135. The minimum Gasteiger partial charge on any atom is -0.355 e. The fourth-order valence-electron chi connectivity index (χ4n) is 1.55. The number of benzene rings is 1. The third kappa shape index (κ3) is 4.89. The van der Waals surface area contributed by atoms with Crippen LogP contribution in [0, 0.1) is 0 Å². The number of carbonyl (C=O) groups is 2. The Morgan fingerprint density at radius 1 is 1.32 bits per heavy atom. The van der Waals surface area contributed by atoms with E-state index in [1.165, 1.54) is 0 Å². The number of hydrogen-bond donors (Lipinski definition) is 3. The summed E-state index contributed by atoms with van der Waals surface area (Å²) in [6.45, 7) is 0.570. The van der Waals surface area contributed by atoms with E-state index in [1.807, 2.05) is 0 Å². The molecule has 0 aliphatic heterocycles. The van der Waals surface area contributed by atoms with Crippen molar-refractivity contribution in [2.75, 3.05) is 18.9 Å². The van der Waals surface area contributed by atoms with Crippen molar-refractivity contribution in [1.82, 2.24) is 5.32 Å². The average Bonchev–Trinajstić information content (AvgIpc) is 2.40. The first kappa shape index (κ1) is 15.5. The van der Waals surface area contributed by atoms with Gasteiger partial charge >= 0.3 is 0 Å². The smallest absolute Gasteiger partial charge is 0.251 e. The fraction of sp³-hybridized carbons (Fsp3) is 0.385. The standard InChI is InChI=1S/C13H18ClN3O2/c1-16-13(19)9-5-6-10(14)11(8-9)17-12(18)4-2-3-7-15/h5-6,8H,2-4,7,15H2,1H3,(H,16,19)(H,17,18). The molecule has 0 bridgehead atoms. The molecule has 0 unspecified atom stereocenters. The molecule has 0 aromatic heterocycles. The summed E-state index contributed by atoms with van der Waals surface area (Å²) < 4.78 is 0. The van der Waals surface area contributed by atoms with Crippen molar-refractivity contribution < 1.29 is 9.59 Å². The van der Waals surface area contributed by atoms with Gasteiger partial charge in [0.25, 0.3) is 5.91 Å². The predicted molar refractivity (Wildman–Crippen MR) is 76.4 cm³/mol. The van der Waals surface area contributed by atoms with Crippen LogP contribution in [0.4, 0.5) is 5.69 Å². The Morgan fingerprint density at radius 2 is 2.05 bits per heavy atom. The lowest BCUT2D eigenvalue weighted by atomic mass is 10.1. The van der Waals surface area contributed by atoms with Crippen LogP contribution >= 0.6 is 11.6 Å². The maximum absolute atomic E-state index is 11.7. The zero-order chi connectivity index (χ0) is 14.3. The lowest BCUT2D eigenvalue weighted by Gasteiger charge is -2.09. The highest BCUT2D eigenvalue weighted by atomic mass is 35.5. The van der Waals surface area contributed by atoms with Crippen LogP contribution in [0.1, 0.15) is 29.6 Å². The van der Waals surface area contributed by atoms with Crippen LogP contribution in [0.3, 0.4) is 0 Å². The maximum Gasteiger partial charge on any atom is 0.251 e. The van der Waals surface area contributed by atoms with Gasteiger partial charge in [-0.2, -0.15) is 0 Å². The van der Waals surface area contributed by atoms with Gasteiger partial charge in [-0.25, -0.2) is 0 Å². The Balaban J connectivity index is 2.71. The molecule has 0 spiro atoms. The number of anilines is 1. The van der Waals surface area contributed by atoms with Crippen LogP contribution in [0.5, 0.6) is 0 Å². The van der Waals surface area contributed by atoms with Crippen LogP contribution in [-0.2, 0) is 4.79 Å². The Morgan fingerprint density at radius 3 is 2.68 bits per heavy atom. The van der Waals surface area contributed by atoms with Crippen molar-refractivity contribution in [3.63, 3.8) is 0 Å². The summed E-state index contributed by atoms with van der Waals surface area (Å²) in [5.41, 5.74) is 6.26. The van der Waals surface area contributed by atoms with E-state index in [0.717, 1.165) is 12.8 Å². The van der Waals surface area contributed by atoms with Crippen LogP contribution in [0.15, 0.2) is 18.2 Å². The molecule has 4 N–H and O–H groups in total. The van der Waals surface area contributed by atoms with E-state index >= 15 is 0 Å². The number of halogens is 1. The molecule has 0 fully saturated rings. The van der Waals surface area contributed by atoms with Crippen molar-refractivity contribution in [3.8, 4) is 0 Å². The number of rotatable bonds is 6. The van der Waals surface area contributed by atoms with Crippen molar-refractivity contribution in [1.29, 1.82) is 0 Å². The van der Waals surface area contributed by atoms with Crippen LogP contribution < -0.4 is 16.4 Å². The first-order valence-corrected chi connectivity index (χ1v) is 6.48. The number of amides is 2. The lowest BCUT2D eigenvalue weighted by molar-refractivity contribution is -0.116. The summed E-state index contributed by atoms with van der Waals surface area (Å²) in [5.74, 6) is -0.361. The van der Waals surface area contributed by atoms with Crippen LogP contribution in [-0.4, -0.2) is 25.4 Å². The molecule has 0 heterocycles. The molecule has 2 amide bonds. The van der Waals surface area contributed by atoms with E-state index in [-0.39, 0.29) is 11.8 Å². The molecule has 0 aliphatic rings. The van der Waals surface area contributed by atoms with E-state index in [2.05, 4.69) is 10.6 Å². The molecule has 6 heteroatoms. The number of carbonyl (C=O) groups excluding carboxylic acids is 2. The Kier molecular flexibility index (Phi) is 6.32. The number of nitrogens with two attached hydrogens (primary N) is 1. The monoisotopic (exact) mass is 283 g/mol. The van der Waals surface area contributed by atoms with E-state index in [0.29, 0.717) is 29.2 Å². The zero-order valence-corrected chi connectivity index (χ0v) is 11.6. The summed E-state index contributed by atoms with van der Waals surface area (Å²) >= 11 is 5.98. The van der Waals surface area contributed by atoms with Gasteiger partial charge in [0, 0.05) is 19.0 Å². The van der Waals surface area contributed by atoms with Gasteiger partial charge in [-0.15, -0.1) is 0 Å². The number of hydrogen-bond acceptors (Lipinski definition) is 3. The Hall–Kier alpha value is -1.59. The second-order valence-corrected chi connectivity index (χ2v) is 4.47. The van der Waals surface area contributed by atoms with Gasteiger partial charge in [0.2, 0.25) is 5.91 Å². The van der Waals surface area contributed by atoms with Gasteiger partial charge < -0.3 is 16.4 Å². The molecular formula is C13H18ClN3O2. The molecule has 0 saturated carbocycles. The van der Waals surface area contributed by atoms with E-state index < -0.39 is 0 Å². The van der Waals surface area contributed by atoms with Gasteiger partial charge in [-0.3, -0.25) is 9.59 Å². The van der Waals surface area contributed by atoms with Gasteiger partial charge in [-0.1, -0.05) is 11.6 Å². The zero-order valence-electron chi connectivity index (χ0n) is 10.8. The summed E-state index contributed by atoms with van der Waals surface area (Å²) in [4.78, 5) is 23.2. The minimum atomic E-state index is -0.227. The third-order valence-electron chi connectivity index (χ3n) is 2.59. The Bertz CT molecular complexity index is 463. The van der Waals surface area contributed by atoms with Gasteiger partial charge in [0.1, 0.15) is 0 Å². The van der Waals surface area contributed by atoms with Crippen molar-refractivity contribution in [2.45, 2.75) is 19.3 Å². The highest BCUT2D eigenvalue weighted by molar-refractivity contribution is 6.33. The number of nitrogens with one attached hydrogen (secondary N) is 2. The number of unbranched alkanes of at least 4 members (excludes halogenated alkanes) is 1. The highest BCUT2D eigenvalue weighted by Crippen LogP contribution is 2.23. The molecule has 104 valence electrons. The molecule has 0 atom stereocenters. The quantitative estimate of drug-likeness (QED) is 0.696. The molecule has 0 radical (unpaired) electrons. The second-order valence-electron chi connectivity index (χ2n) is 4.07. The van der Waals surface area contributed by atoms with Gasteiger partial charge in [0.05, 0.1) is 10.7 Å². The SMILES string of the molecule is CNC(=O)c1ccc(Cl)c(NC(=O)CCCCN)c1. The molecule has 1 rings (SSSR count). The summed E-state index contributed by atoms with van der Waals surface area (Å²) in [6.07, 6.45) is 1.92. The molecule has 0 saturated heterocycles. The molecule has 5 nitrogen and oxygen atoms in total. The molecule has 0 aliphatic carbocycles. The predicted octanol–water partition coefficient (Wildman–Crippen LogP) is 1.77. The average molecular weight is 284 g/mol. The molecular weight excluding hydrogens is 266 g/mol. The van der Waals surface area contributed by atoms with Crippen LogP contribution in [0.25, 0.3) is 0 Å². The van der Waals surface area contributed by atoms with E-state index in [1.54, 1.807) is 25.2 Å². The first-order valence-electron chi connectivity index (χ1n) is 6.10. The summed E-state index contributed by atoms with van der Waals surface area (Å²) in [6, 6.07) is 4.74. The summed E-state index contributed by atoms with van der Waals surface area (Å²) in [5, 5.41) is 5.61. The van der Waals surface area contributed by atoms with Crippen LogP contribution in [0.2, 0.25) is 5.02 Å². The van der Waals surface area contributed by atoms with Crippen molar-refractivity contribution >= 4 is 29.1 Å². The fourth-order valence-corrected chi connectivity index (χ4v) is 1.71. The highest BCUT2D eigenvalue weighted by Gasteiger charge is 2.09. The van der Waals surface area contributed by atoms with Crippen molar-refractivity contribution in [3.05, 3.63) is 28.8 Å². The van der Waals surface area contributed by atoms with Gasteiger partial charge in [-0.05, 0) is 37.6 Å². The second kappa shape index (κ2) is 7.76. The normalized spacial score (nSPS) is 10.1. The maximum atomic E-state index is 11.7. The first-order chi connectivity index (χ1) is 9.08. The van der Waals surface area contributed by atoms with Gasteiger partial charge in [0.15, 0.2) is 0 Å². The Labute approximate surface area is 117 Å². The van der Waals surface area contributed by atoms with E-state index in [9.17, 15) is 9.59 Å². The third-order valence-corrected chi connectivity index (χ3v) is 2.92. The van der Waals surface area contributed by atoms with Crippen molar-refractivity contribution in [2.24, 2.45) is 5.73 Å². The van der Waals surface area contributed by atoms with E-state index in [4.69, 9.17) is 17.3 Å². The molecule has 1 aromatic rings. The molecule has 1 aromatic carbocycles.